The van der Waals surface area contributed by atoms with Crippen molar-refractivity contribution in [2.75, 3.05) is 0 Å². The van der Waals surface area contributed by atoms with Crippen molar-refractivity contribution in [3.63, 3.8) is 0 Å². The van der Waals surface area contributed by atoms with Crippen LogP contribution in [0.1, 0.15) is 29.2 Å². The lowest BCUT2D eigenvalue weighted by Crippen LogP contribution is -2.03. The molecule has 0 saturated carbocycles. The fraction of sp³-hybridized carbons (Fsp3) is 0.250. The second kappa shape index (κ2) is 6.34. The van der Waals surface area contributed by atoms with E-state index in [-0.39, 0.29) is 6.10 Å². The van der Waals surface area contributed by atoms with Gasteiger partial charge in [-0.05, 0) is 59.0 Å². The van der Waals surface area contributed by atoms with E-state index in [1.165, 1.54) is 14.7 Å². The van der Waals surface area contributed by atoms with Crippen LogP contribution in [0.2, 0.25) is 0 Å². The predicted octanol–water partition coefficient (Wildman–Crippen LogP) is 4.27. The van der Waals surface area contributed by atoms with Gasteiger partial charge in [-0.3, -0.25) is 0 Å². The lowest BCUT2D eigenvalue weighted by Gasteiger charge is -2.14. The summed E-state index contributed by atoms with van der Waals surface area (Å²) in [5, 5.41) is 10.3. The number of hydrogen-bond donors (Lipinski definition) is 1. The summed E-state index contributed by atoms with van der Waals surface area (Å²) in [7, 11) is 0. The SMILES string of the molecule is Cc1cccc(C(O)CCc2ccccc2)c1I. The molecule has 2 aromatic carbocycles. The van der Waals surface area contributed by atoms with Gasteiger partial charge in [0.2, 0.25) is 0 Å². The maximum absolute atomic E-state index is 10.3. The first-order valence-electron chi connectivity index (χ1n) is 6.15. The molecule has 0 aliphatic rings. The summed E-state index contributed by atoms with van der Waals surface area (Å²) in [5.41, 5.74) is 3.55. The second-order valence-corrected chi connectivity index (χ2v) is 5.60. The smallest absolute Gasteiger partial charge is 0.0803 e. The highest BCUT2D eigenvalue weighted by Crippen LogP contribution is 2.26. The first-order chi connectivity index (χ1) is 8.68. The van der Waals surface area contributed by atoms with Gasteiger partial charge in [0.1, 0.15) is 0 Å². The van der Waals surface area contributed by atoms with E-state index in [1.807, 2.05) is 30.3 Å². The molecule has 0 saturated heterocycles. The average Bonchev–Trinajstić information content (AvgIpc) is 2.40. The van der Waals surface area contributed by atoms with Crippen LogP contribution in [0.3, 0.4) is 0 Å². The van der Waals surface area contributed by atoms with Gasteiger partial charge in [0.05, 0.1) is 6.10 Å². The molecule has 0 heterocycles. The Balaban J connectivity index is 2.04. The minimum Gasteiger partial charge on any atom is -0.388 e. The van der Waals surface area contributed by atoms with Crippen LogP contribution < -0.4 is 0 Å². The highest BCUT2D eigenvalue weighted by molar-refractivity contribution is 14.1. The van der Waals surface area contributed by atoms with Crippen molar-refractivity contribution in [3.05, 3.63) is 68.8 Å². The van der Waals surface area contributed by atoms with Gasteiger partial charge < -0.3 is 5.11 Å². The molecule has 0 aliphatic carbocycles. The molecule has 2 rings (SSSR count). The van der Waals surface area contributed by atoms with E-state index in [1.54, 1.807) is 0 Å². The summed E-state index contributed by atoms with van der Waals surface area (Å²) >= 11 is 2.31. The van der Waals surface area contributed by atoms with E-state index in [2.05, 4.69) is 47.7 Å². The molecule has 1 unspecified atom stereocenters. The summed E-state index contributed by atoms with van der Waals surface area (Å²) in [5.74, 6) is 0. The summed E-state index contributed by atoms with van der Waals surface area (Å²) < 4.78 is 1.18. The molecule has 1 atom stereocenters. The molecule has 0 amide bonds. The van der Waals surface area contributed by atoms with E-state index in [9.17, 15) is 5.11 Å². The number of hydrogen-bond acceptors (Lipinski definition) is 1. The Bertz CT molecular complexity index is 508. The molecule has 18 heavy (non-hydrogen) atoms. The van der Waals surface area contributed by atoms with Gasteiger partial charge >= 0.3 is 0 Å². The van der Waals surface area contributed by atoms with E-state index in [0.717, 1.165) is 18.4 Å². The van der Waals surface area contributed by atoms with Crippen LogP contribution in [0.5, 0.6) is 0 Å². The molecule has 1 nitrogen and oxygen atoms in total. The number of aliphatic hydroxyl groups is 1. The zero-order valence-electron chi connectivity index (χ0n) is 10.4. The number of aliphatic hydroxyl groups excluding tert-OH is 1. The molecule has 1 N–H and O–H groups in total. The lowest BCUT2D eigenvalue weighted by atomic mass is 10.0. The highest BCUT2D eigenvalue weighted by atomic mass is 127. The number of halogens is 1. The Morgan fingerprint density at radius 1 is 1.06 bits per heavy atom. The number of benzene rings is 2. The first-order valence-corrected chi connectivity index (χ1v) is 7.23. The van der Waals surface area contributed by atoms with Crippen LogP contribution in [0.4, 0.5) is 0 Å². The highest BCUT2D eigenvalue weighted by Gasteiger charge is 2.12. The normalized spacial score (nSPS) is 12.4. The Morgan fingerprint density at radius 2 is 1.78 bits per heavy atom. The Morgan fingerprint density at radius 3 is 2.50 bits per heavy atom. The topological polar surface area (TPSA) is 20.2 Å². The maximum Gasteiger partial charge on any atom is 0.0803 e. The van der Waals surface area contributed by atoms with Crippen molar-refractivity contribution in [2.24, 2.45) is 0 Å². The van der Waals surface area contributed by atoms with Gasteiger partial charge in [0, 0.05) is 3.57 Å². The van der Waals surface area contributed by atoms with Crippen molar-refractivity contribution in [2.45, 2.75) is 25.9 Å². The minimum absolute atomic E-state index is 0.378. The van der Waals surface area contributed by atoms with Gasteiger partial charge in [-0.1, -0.05) is 48.5 Å². The monoisotopic (exact) mass is 352 g/mol. The van der Waals surface area contributed by atoms with Crippen molar-refractivity contribution in [3.8, 4) is 0 Å². The second-order valence-electron chi connectivity index (χ2n) is 4.52. The Labute approximate surface area is 122 Å². The lowest BCUT2D eigenvalue weighted by molar-refractivity contribution is 0.167. The molecular weight excluding hydrogens is 335 g/mol. The zero-order chi connectivity index (χ0) is 13.0. The van der Waals surface area contributed by atoms with Crippen LogP contribution in [0.15, 0.2) is 48.5 Å². The number of rotatable bonds is 4. The fourth-order valence-corrected chi connectivity index (χ4v) is 2.75. The molecular formula is C16H17IO. The van der Waals surface area contributed by atoms with Crippen LogP contribution in [0, 0.1) is 10.5 Å². The van der Waals surface area contributed by atoms with Crippen molar-refractivity contribution < 1.29 is 5.11 Å². The summed E-state index contributed by atoms with van der Waals surface area (Å²) in [6, 6.07) is 16.4. The van der Waals surface area contributed by atoms with Gasteiger partial charge in [-0.2, -0.15) is 0 Å². The minimum atomic E-state index is -0.378. The third-order valence-electron chi connectivity index (χ3n) is 3.13. The molecule has 0 aliphatic heterocycles. The molecule has 0 aromatic heterocycles. The molecule has 2 heteroatoms. The maximum atomic E-state index is 10.3. The van der Waals surface area contributed by atoms with Gasteiger partial charge in [0.15, 0.2) is 0 Å². The van der Waals surface area contributed by atoms with Gasteiger partial charge in [0.25, 0.3) is 0 Å². The average molecular weight is 352 g/mol. The number of aryl methyl sites for hydroxylation is 2. The zero-order valence-corrected chi connectivity index (χ0v) is 12.6. The fourth-order valence-electron chi connectivity index (χ4n) is 2.03. The largest absolute Gasteiger partial charge is 0.388 e. The van der Waals surface area contributed by atoms with Crippen molar-refractivity contribution >= 4 is 22.6 Å². The molecule has 0 radical (unpaired) electrons. The molecule has 0 spiro atoms. The van der Waals surface area contributed by atoms with Crippen molar-refractivity contribution in [1.82, 2.24) is 0 Å². The van der Waals surface area contributed by atoms with E-state index >= 15 is 0 Å². The van der Waals surface area contributed by atoms with Crippen LogP contribution >= 0.6 is 22.6 Å². The van der Waals surface area contributed by atoms with Gasteiger partial charge in [-0.15, -0.1) is 0 Å². The van der Waals surface area contributed by atoms with Crippen LogP contribution in [0.25, 0.3) is 0 Å². The predicted molar refractivity (Wildman–Crippen MR) is 83.6 cm³/mol. The van der Waals surface area contributed by atoms with E-state index in [0.29, 0.717) is 0 Å². The Kier molecular flexibility index (Phi) is 4.78. The van der Waals surface area contributed by atoms with E-state index < -0.39 is 0 Å². The third-order valence-corrected chi connectivity index (χ3v) is 4.60. The standard InChI is InChI=1S/C16H17IO/c1-12-6-5-9-14(16(12)17)15(18)11-10-13-7-3-2-4-8-13/h2-9,15,18H,10-11H2,1H3. The van der Waals surface area contributed by atoms with Crippen molar-refractivity contribution in [1.29, 1.82) is 0 Å². The molecule has 0 fully saturated rings. The summed E-state index contributed by atoms with van der Waals surface area (Å²) in [4.78, 5) is 0. The van der Waals surface area contributed by atoms with Crippen LogP contribution in [-0.4, -0.2) is 5.11 Å². The summed E-state index contributed by atoms with van der Waals surface area (Å²) in [6.45, 7) is 2.08. The Hall–Kier alpha value is -0.870. The summed E-state index contributed by atoms with van der Waals surface area (Å²) in [6.07, 6.45) is 1.30. The third kappa shape index (κ3) is 3.33. The van der Waals surface area contributed by atoms with Gasteiger partial charge in [-0.25, -0.2) is 0 Å². The quantitative estimate of drug-likeness (QED) is 0.815. The first kappa shape index (κ1) is 13.6. The molecule has 0 bridgehead atoms. The van der Waals surface area contributed by atoms with E-state index in [4.69, 9.17) is 0 Å². The molecule has 94 valence electrons. The molecule has 2 aromatic rings. The van der Waals surface area contributed by atoms with Crippen LogP contribution in [-0.2, 0) is 6.42 Å².